The maximum absolute atomic E-state index is 9.58. The molecule has 0 aliphatic heterocycles. The van der Waals surface area contributed by atoms with E-state index in [0.29, 0.717) is 12.6 Å². The van der Waals surface area contributed by atoms with E-state index in [-0.39, 0.29) is 11.5 Å². The lowest BCUT2D eigenvalue weighted by Crippen LogP contribution is -2.59. The second-order valence-electron chi connectivity index (χ2n) is 4.86. The van der Waals surface area contributed by atoms with E-state index in [1.807, 2.05) is 11.6 Å². The van der Waals surface area contributed by atoms with Crippen LogP contribution in [0.2, 0.25) is 0 Å². The largest absolute Gasteiger partial charge is 0.392 e. The number of hydrogen-bond acceptors (Lipinski definition) is 4. The number of aliphatic hydroxyl groups excluding tert-OH is 1. The number of hydrogen-bond donors (Lipinski definition) is 2. The van der Waals surface area contributed by atoms with E-state index in [2.05, 4.69) is 29.4 Å². The van der Waals surface area contributed by atoms with E-state index in [0.717, 1.165) is 12.2 Å². The molecule has 5 nitrogen and oxygen atoms in total. The number of aryl methyl sites for hydroxylation is 1. The number of nitrogens with one attached hydrogen (secondary N) is 1. The van der Waals surface area contributed by atoms with Crippen LogP contribution in [-0.4, -0.2) is 32.0 Å². The van der Waals surface area contributed by atoms with Crippen molar-refractivity contribution in [3.05, 3.63) is 12.2 Å². The van der Waals surface area contributed by atoms with Crippen LogP contribution in [0.5, 0.6) is 0 Å². The molecule has 2 atom stereocenters. The molecule has 84 valence electrons. The zero-order valence-corrected chi connectivity index (χ0v) is 9.44. The summed E-state index contributed by atoms with van der Waals surface area (Å²) in [6, 6.07) is 0.365. The summed E-state index contributed by atoms with van der Waals surface area (Å²) < 4.78 is 1.90. The average molecular weight is 210 g/mol. The van der Waals surface area contributed by atoms with Crippen molar-refractivity contribution < 1.29 is 5.11 Å². The fraction of sp³-hybridized carbons (Fsp3) is 0.800. The summed E-state index contributed by atoms with van der Waals surface area (Å²) in [5.74, 6) is 0.923. The summed E-state index contributed by atoms with van der Waals surface area (Å²) in [6.45, 7) is 4.86. The molecule has 1 aromatic heterocycles. The maximum Gasteiger partial charge on any atom is 0.146 e. The second kappa shape index (κ2) is 3.57. The Morgan fingerprint density at radius 3 is 2.87 bits per heavy atom. The molecule has 0 aromatic carbocycles. The Hall–Kier alpha value is -0.940. The van der Waals surface area contributed by atoms with Gasteiger partial charge in [-0.1, -0.05) is 13.8 Å². The first-order valence-electron chi connectivity index (χ1n) is 5.26. The fourth-order valence-electron chi connectivity index (χ4n) is 1.93. The molecular weight excluding hydrogens is 192 g/mol. The van der Waals surface area contributed by atoms with E-state index in [1.54, 1.807) is 6.33 Å². The Bertz CT molecular complexity index is 347. The summed E-state index contributed by atoms with van der Waals surface area (Å²) in [5.41, 5.74) is -0.0292. The number of aliphatic hydroxyl groups is 1. The van der Waals surface area contributed by atoms with Gasteiger partial charge < -0.3 is 15.0 Å². The van der Waals surface area contributed by atoms with E-state index >= 15 is 0 Å². The maximum atomic E-state index is 9.58. The van der Waals surface area contributed by atoms with Crippen LogP contribution in [0, 0.1) is 5.41 Å². The smallest absolute Gasteiger partial charge is 0.146 e. The van der Waals surface area contributed by atoms with Gasteiger partial charge in [-0.05, 0) is 6.42 Å². The predicted molar refractivity (Wildman–Crippen MR) is 56.0 cm³/mol. The van der Waals surface area contributed by atoms with Gasteiger partial charge in [-0.25, -0.2) is 0 Å². The molecule has 0 saturated heterocycles. The summed E-state index contributed by atoms with van der Waals surface area (Å²) in [5, 5.41) is 20.8. The van der Waals surface area contributed by atoms with Gasteiger partial charge in [0.05, 0.1) is 12.6 Å². The monoisotopic (exact) mass is 210 g/mol. The number of aromatic nitrogens is 3. The molecule has 2 N–H and O–H groups in total. The molecule has 0 radical (unpaired) electrons. The van der Waals surface area contributed by atoms with Gasteiger partial charge in [0.15, 0.2) is 0 Å². The molecule has 1 fully saturated rings. The van der Waals surface area contributed by atoms with Gasteiger partial charge in [0, 0.05) is 18.5 Å². The third-order valence-electron chi connectivity index (χ3n) is 3.53. The van der Waals surface area contributed by atoms with Crippen molar-refractivity contribution in [2.45, 2.75) is 39.0 Å². The molecule has 1 aliphatic carbocycles. The first-order chi connectivity index (χ1) is 7.01. The molecule has 1 aliphatic rings. The van der Waals surface area contributed by atoms with Gasteiger partial charge in [0.1, 0.15) is 12.2 Å². The van der Waals surface area contributed by atoms with Crippen LogP contribution in [0.4, 0.5) is 0 Å². The normalized spacial score (nSPS) is 28.8. The Labute approximate surface area is 89.5 Å². The minimum atomic E-state index is -0.186. The lowest BCUT2D eigenvalue weighted by atomic mass is 9.64. The summed E-state index contributed by atoms with van der Waals surface area (Å²) in [4.78, 5) is 0. The third-order valence-corrected chi connectivity index (χ3v) is 3.53. The Kier molecular flexibility index (Phi) is 2.52. The first-order valence-corrected chi connectivity index (χ1v) is 5.26. The van der Waals surface area contributed by atoms with Crippen molar-refractivity contribution in [1.82, 2.24) is 20.1 Å². The SMILES string of the molecule is Cn1cnnc1CNC1CC(O)C1(C)C. The van der Waals surface area contributed by atoms with Crippen LogP contribution < -0.4 is 5.32 Å². The minimum absolute atomic E-state index is 0.0292. The third kappa shape index (κ3) is 1.77. The molecular formula is C10H18N4O. The molecule has 1 saturated carbocycles. The van der Waals surface area contributed by atoms with Crippen molar-refractivity contribution >= 4 is 0 Å². The second-order valence-corrected chi connectivity index (χ2v) is 4.86. The zero-order valence-electron chi connectivity index (χ0n) is 9.44. The molecule has 15 heavy (non-hydrogen) atoms. The van der Waals surface area contributed by atoms with Crippen molar-refractivity contribution in [2.75, 3.05) is 0 Å². The molecule has 0 bridgehead atoms. The highest BCUT2D eigenvalue weighted by molar-refractivity contribution is 5.02. The predicted octanol–water partition coefficient (Wildman–Crippen LogP) is 0.0641. The van der Waals surface area contributed by atoms with Crippen LogP contribution >= 0.6 is 0 Å². The molecule has 1 heterocycles. The molecule has 2 rings (SSSR count). The highest BCUT2D eigenvalue weighted by atomic mass is 16.3. The molecule has 5 heteroatoms. The molecule has 2 unspecified atom stereocenters. The van der Waals surface area contributed by atoms with Crippen molar-refractivity contribution in [1.29, 1.82) is 0 Å². The van der Waals surface area contributed by atoms with Crippen molar-refractivity contribution in [3.63, 3.8) is 0 Å². The number of nitrogens with zero attached hydrogens (tertiary/aromatic N) is 3. The van der Waals surface area contributed by atoms with Gasteiger partial charge >= 0.3 is 0 Å². The van der Waals surface area contributed by atoms with Crippen LogP contribution in [0.15, 0.2) is 6.33 Å². The van der Waals surface area contributed by atoms with Crippen LogP contribution in [0.25, 0.3) is 0 Å². The topological polar surface area (TPSA) is 63.0 Å². The van der Waals surface area contributed by atoms with Crippen molar-refractivity contribution in [2.24, 2.45) is 12.5 Å². The average Bonchev–Trinajstić information content (AvgIpc) is 2.58. The highest BCUT2D eigenvalue weighted by Crippen LogP contribution is 2.40. The quantitative estimate of drug-likeness (QED) is 0.740. The summed E-state index contributed by atoms with van der Waals surface area (Å²) in [7, 11) is 1.93. The summed E-state index contributed by atoms with van der Waals surface area (Å²) >= 11 is 0. The Balaban J connectivity index is 1.88. The standard InChI is InChI=1S/C10H18N4O/c1-10(2)7(4-8(10)15)11-5-9-13-12-6-14(9)3/h6-8,11,15H,4-5H2,1-3H3. The van der Waals surface area contributed by atoms with E-state index in [4.69, 9.17) is 0 Å². The van der Waals surface area contributed by atoms with E-state index in [9.17, 15) is 5.11 Å². The fourth-order valence-corrected chi connectivity index (χ4v) is 1.93. The van der Waals surface area contributed by atoms with Crippen molar-refractivity contribution in [3.8, 4) is 0 Å². The van der Waals surface area contributed by atoms with Gasteiger partial charge in [-0.2, -0.15) is 0 Å². The van der Waals surface area contributed by atoms with Gasteiger partial charge in [0.25, 0.3) is 0 Å². The lowest BCUT2D eigenvalue weighted by molar-refractivity contribution is -0.0732. The van der Waals surface area contributed by atoms with Gasteiger partial charge in [-0.15, -0.1) is 10.2 Å². The number of rotatable bonds is 3. The van der Waals surface area contributed by atoms with Crippen LogP contribution in [-0.2, 0) is 13.6 Å². The van der Waals surface area contributed by atoms with E-state index in [1.165, 1.54) is 0 Å². The Morgan fingerprint density at radius 2 is 2.40 bits per heavy atom. The Morgan fingerprint density at radius 1 is 1.67 bits per heavy atom. The van der Waals surface area contributed by atoms with E-state index < -0.39 is 0 Å². The zero-order chi connectivity index (χ0) is 11.1. The van der Waals surface area contributed by atoms with Gasteiger partial charge in [0.2, 0.25) is 0 Å². The van der Waals surface area contributed by atoms with Crippen LogP contribution in [0.3, 0.4) is 0 Å². The first kappa shape index (κ1) is 10.6. The van der Waals surface area contributed by atoms with Gasteiger partial charge in [-0.3, -0.25) is 0 Å². The minimum Gasteiger partial charge on any atom is -0.392 e. The molecule has 0 spiro atoms. The molecule has 1 aromatic rings. The molecule has 0 amide bonds. The van der Waals surface area contributed by atoms with Crippen LogP contribution in [0.1, 0.15) is 26.1 Å². The lowest BCUT2D eigenvalue weighted by Gasteiger charge is -2.49. The summed E-state index contributed by atoms with van der Waals surface area (Å²) in [6.07, 6.45) is 2.33. The highest BCUT2D eigenvalue weighted by Gasteiger charge is 2.46.